The first-order valence-corrected chi connectivity index (χ1v) is 6.37. The molecule has 2 aromatic carbocycles. The fourth-order valence-electron chi connectivity index (χ4n) is 2.41. The normalized spacial score (nSPS) is 10.7. The molecule has 0 spiro atoms. The lowest BCUT2D eigenvalue weighted by Crippen LogP contribution is -2.03. The van der Waals surface area contributed by atoms with Gasteiger partial charge in [0, 0.05) is 10.9 Å². The van der Waals surface area contributed by atoms with Gasteiger partial charge in [0.05, 0.1) is 18.9 Å². The Labute approximate surface area is 116 Å². The number of methoxy groups -OCH3 is 1. The maximum absolute atomic E-state index is 12.6. The van der Waals surface area contributed by atoms with Crippen LogP contribution in [0.1, 0.15) is 21.7 Å². The van der Waals surface area contributed by atoms with Gasteiger partial charge in [-0.15, -0.1) is 0 Å². The molecule has 0 aliphatic rings. The number of ketones is 1. The molecule has 0 unspecified atom stereocenters. The van der Waals surface area contributed by atoms with Crippen LogP contribution in [0.2, 0.25) is 0 Å². The van der Waals surface area contributed by atoms with Crippen molar-refractivity contribution in [2.75, 3.05) is 7.11 Å². The standard InChI is InChI=1S/C17H14O3/c1-11-12(9-10-20-11)17(18)15-7-8-16(19-2)14-6-4-3-5-13(14)15/h3-10H,1-2H3. The molecular weight excluding hydrogens is 252 g/mol. The van der Waals surface area contributed by atoms with Gasteiger partial charge in [0.2, 0.25) is 0 Å². The van der Waals surface area contributed by atoms with Gasteiger partial charge in [-0.2, -0.15) is 0 Å². The zero-order chi connectivity index (χ0) is 14.1. The van der Waals surface area contributed by atoms with Crippen LogP contribution in [0, 0.1) is 6.92 Å². The maximum atomic E-state index is 12.6. The van der Waals surface area contributed by atoms with Crippen LogP contribution in [0.3, 0.4) is 0 Å². The number of hydrogen-bond donors (Lipinski definition) is 0. The molecule has 100 valence electrons. The smallest absolute Gasteiger partial charge is 0.197 e. The Kier molecular flexibility index (Phi) is 3.03. The predicted octanol–water partition coefficient (Wildman–Crippen LogP) is 3.98. The Morgan fingerprint density at radius 3 is 2.40 bits per heavy atom. The van der Waals surface area contributed by atoms with Crippen molar-refractivity contribution in [2.24, 2.45) is 0 Å². The SMILES string of the molecule is COc1ccc(C(=O)c2ccoc2C)c2ccccc12. The highest BCUT2D eigenvalue weighted by Crippen LogP contribution is 2.30. The summed E-state index contributed by atoms with van der Waals surface area (Å²) in [7, 11) is 1.63. The second-order valence-electron chi connectivity index (χ2n) is 4.58. The summed E-state index contributed by atoms with van der Waals surface area (Å²) in [5.74, 6) is 1.37. The van der Waals surface area contributed by atoms with Gasteiger partial charge >= 0.3 is 0 Å². The third-order valence-corrected chi connectivity index (χ3v) is 3.45. The van der Waals surface area contributed by atoms with Gasteiger partial charge in [-0.25, -0.2) is 0 Å². The average molecular weight is 266 g/mol. The number of aryl methyl sites for hydroxylation is 1. The quantitative estimate of drug-likeness (QED) is 0.673. The van der Waals surface area contributed by atoms with Gasteiger partial charge in [-0.05, 0) is 30.5 Å². The molecule has 3 aromatic rings. The Balaban J connectivity index is 2.23. The highest BCUT2D eigenvalue weighted by Gasteiger charge is 2.17. The molecule has 3 rings (SSSR count). The Morgan fingerprint density at radius 2 is 1.75 bits per heavy atom. The predicted molar refractivity (Wildman–Crippen MR) is 77.4 cm³/mol. The molecule has 0 fully saturated rings. The number of ether oxygens (including phenoxy) is 1. The molecule has 0 amide bonds. The minimum Gasteiger partial charge on any atom is -0.496 e. The first-order chi connectivity index (χ1) is 9.72. The van der Waals surface area contributed by atoms with Crippen LogP contribution < -0.4 is 4.74 Å². The summed E-state index contributed by atoms with van der Waals surface area (Å²) in [5, 5.41) is 1.82. The Morgan fingerprint density at radius 1 is 1.00 bits per heavy atom. The molecule has 0 atom stereocenters. The zero-order valence-electron chi connectivity index (χ0n) is 11.3. The molecule has 0 saturated carbocycles. The van der Waals surface area contributed by atoms with Gasteiger partial charge in [-0.3, -0.25) is 4.79 Å². The fourth-order valence-corrected chi connectivity index (χ4v) is 2.41. The molecule has 0 bridgehead atoms. The van der Waals surface area contributed by atoms with Crippen LogP contribution in [0.4, 0.5) is 0 Å². The van der Waals surface area contributed by atoms with E-state index >= 15 is 0 Å². The van der Waals surface area contributed by atoms with Gasteiger partial charge in [0.1, 0.15) is 11.5 Å². The molecule has 3 nitrogen and oxygen atoms in total. The van der Waals surface area contributed by atoms with Crippen molar-refractivity contribution in [3.05, 3.63) is 65.6 Å². The van der Waals surface area contributed by atoms with Crippen LogP contribution in [0.5, 0.6) is 5.75 Å². The largest absolute Gasteiger partial charge is 0.496 e. The third kappa shape index (κ3) is 1.88. The first kappa shape index (κ1) is 12.5. The summed E-state index contributed by atoms with van der Waals surface area (Å²) in [5.41, 5.74) is 1.26. The first-order valence-electron chi connectivity index (χ1n) is 6.37. The van der Waals surface area contributed by atoms with E-state index in [9.17, 15) is 4.79 Å². The molecule has 0 N–H and O–H groups in total. The molecular formula is C17H14O3. The van der Waals surface area contributed by atoms with Crippen molar-refractivity contribution in [3.63, 3.8) is 0 Å². The zero-order valence-corrected chi connectivity index (χ0v) is 11.3. The minimum absolute atomic E-state index is 0.0323. The van der Waals surface area contributed by atoms with Gasteiger partial charge < -0.3 is 9.15 Å². The van der Waals surface area contributed by atoms with E-state index in [4.69, 9.17) is 9.15 Å². The van der Waals surface area contributed by atoms with Gasteiger partial charge in [-0.1, -0.05) is 24.3 Å². The summed E-state index contributed by atoms with van der Waals surface area (Å²) in [4.78, 5) is 12.6. The highest BCUT2D eigenvalue weighted by atomic mass is 16.5. The van der Waals surface area contributed by atoms with E-state index in [0.29, 0.717) is 16.9 Å². The summed E-state index contributed by atoms with van der Waals surface area (Å²) in [6.07, 6.45) is 1.54. The molecule has 0 aliphatic heterocycles. The lowest BCUT2D eigenvalue weighted by atomic mass is 9.97. The van der Waals surface area contributed by atoms with Gasteiger partial charge in [0.15, 0.2) is 5.78 Å². The average Bonchev–Trinajstić information content (AvgIpc) is 2.91. The summed E-state index contributed by atoms with van der Waals surface area (Å²) < 4.78 is 10.6. The van der Waals surface area contributed by atoms with E-state index in [2.05, 4.69) is 0 Å². The molecule has 0 radical (unpaired) electrons. The lowest BCUT2D eigenvalue weighted by molar-refractivity contribution is 0.103. The number of hydrogen-bond acceptors (Lipinski definition) is 3. The number of carbonyl (C=O) groups is 1. The highest BCUT2D eigenvalue weighted by molar-refractivity contribution is 6.17. The van der Waals surface area contributed by atoms with Crippen LogP contribution in [-0.4, -0.2) is 12.9 Å². The van der Waals surface area contributed by atoms with Crippen molar-refractivity contribution in [1.82, 2.24) is 0 Å². The van der Waals surface area contributed by atoms with E-state index in [0.717, 1.165) is 16.5 Å². The Bertz CT molecular complexity index is 784. The Hall–Kier alpha value is -2.55. The van der Waals surface area contributed by atoms with Crippen LogP contribution >= 0.6 is 0 Å². The third-order valence-electron chi connectivity index (χ3n) is 3.45. The van der Waals surface area contributed by atoms with E-state index in [1.54, 1.807) is 26.2 Å². The molecule has 1 aromatic heterocycles. The second-order valence-corrected chi connectivity index (χ2v) is 4.58. The molecule has 3 heteroatoms. The molecule has 20 heavy (non-hydrogen) atoms. The van der Waals surface area contributed by atoms with Crippen LogP contribution in [0.25, 0.3) is 10.8 Å². The molecule has 1 heterocycles. The van der Waals surface area contributed by atoms with Crippen molar-refractivity contribution in [2.45, 2.75) is 6.92 Å². The summed E-state index contributed by atoms with van der Waals surface area (Å²) >= 11 is 0. The molecule has 0 aliphatic carbocycles. The van der Waals surface area contributed by atoms with Gasteiger partial charge in [0.25, 0.3) is 0 Å². The van der Waals surface area contributed by atoms with E-state index in [1.165, 1.54) is 6.26 Å². The number of rotatable bonds is 3. The van der Waals surface area contributed by atoms with Crippen molar-refractivity contribution in [1.29, 1.82) is 0 Å². The summed E-state index contributed by atoms with van der Waals surface area (Å²) in [6, 6.07) is 13.1. The number of fused-ring (bicyclic) bond motifs is 1. The summed E-state index contributed by atoms with van der Waals surface area (Å²) in [6.45, 7) is 1.79. The van der Waals surface area contributed by atoms with Crippen LogP contribution in [0.15, 0.2) is 53.1 Å². The molecule has 0 saturated heterocycles. The van der Waals surface area contributed by atoms with E-state index in [1.807, 2.05) is 30.3 Å². The van der Waals surface area contributed by atoms with Crippen molar-refractivity contribution >= 4 is 16.6 Å². The number of benzene rings is 2. The second kappa shape index (κ2) is 4.85. The minimum atomic E-state index is -0.0323. The lowest BCUT2D eigenvalue weighted by Gasteiger charge is -2.09. The number of furan rings is 1. The van der Waals surface area contributed by atoms with E-state index < -0.39 is 0 Å². The maximum Gasteiger partial charge on any atom is 0.197 e. The van der Waals surface area contributed by atoms with Crippen LogP contribution in [-0.2, 0) is 0 Å². The fraction of sp³-hybridized carbons (Fsp3) is 0.118. The number of carbonyl (C=O) groups excluding carboxylic acids is 1. The van der Waals surface area contributed by atoms with E-state index in [-0.39, 0.29) is 5.78 Å². The topological polar surface area (TPSA) is 39.4 Å². The van der Waals surface area contributed by atoms with Crippen molar-refractivity contribution in [3.8, 4) is 5.75 Å². The monoisotopic (exact) mass is 266 g/mol. The van der Waals surface area contributed by atoms with Crippen molar-refractivity contribution < 1.29 is 13.9 Å².